The Morgan fingerprint density at radius 3 is 1.75 bits per heavy atom. The van der Waals surface area contributed by atoms with Gasteiger partial charge in [-0.1, -0.05) is 0 Å². The number of nitrogens with zero attached hydrogens (tertiary/aromatic N) is 1. The molecule has 0 aliphatic carbocycles. The Labute approximate surface area is 54.5 Å². The predicted octanol–water partition coefficient (Wildman–Crippen LogP) is -1.27. The van der Waals surface area contributed by atoms with Gasteiger partial charge in [-0.3, -0.25) is 0 Å². The molecule has 0 spiro atoms. The van der Waals surface area contributed by atoms with Crippen molar-refractivity contribution in [1.29, 1.82) is 0 Å². The summed E-state index contributed by atoms with van der Waals surface area (Å²) in [5.74, 6) is 0. The largest absolute Gasteiger partial charge is 0.702 e. The number of aliphatic hydroxyl groups is 2. The lowest BCUT2D eigenvalue weighted by molar-refractivity contribution is 0.227. The summed E-state index contributed by atoms with van der Waals surface area (Å²) in [6.07, 6.45) is 0. The molecule has 3 nitrogen and oxygen atoms in total. The maximum Gasteiger partial charge on any atom is 0.0541 e. The summed E-state index contributed by atoms with van der Waals surface area (Å²) < 4.78 is 1.44. The summed E-state index contributed by atoms with van der Waals surface area (Å²) in [4.78, 5) is 0. The van der Waals surface area contributed by atoms with Crippen LogP contribution >= 0.6 is 0 Å². The van der Waals surface area contributed by atoms with Crippen molar-refractivity contribution < 1.29 is 10.2 Å². The first-order valence-electron chi connectivity index (χ1n) is 2.45. The average molecular weight is 136 g/mol. The second kappa shape index (κ2) is 5.37. The summed E-state index contributed by atoms with van der Waals surface area (Å²) in [5.41, 5.74) is 0. The maximum atomic E-state index is 8.27. The normalized spacial score (nSPS) is 10.5. The molecule has 0 amide bonds. The third kappa shape index (κ3) is 4.39. The fourth-order valence-electron chi connectivity index (χ4n) is 0.335. The van der Waals surface area contributed by atoms with Gasteiger partial charge in [0.25, 0.3) is 0 Å². The van der Waals surface area contributed by atoms with Crippen LogP contribution in [-0.4, -0.2) is 40.8 Å². The average Bonchev–Trinajstić information content (AvgIpc) is 1.68. The third-order valence-electron chi connectivity index (χ3n) is 0.699. The highest BCUT2D eigenvalue weighted by molar-refractivity contribution is 7.55. The van der Waals surface area contributed by atoms with Crippen molar-refractivity contribution in [3.05, 3.63) is 0 Å². The first-order valence-corrected chi connectivity index (χ1v) is 2.81. The molecule has 0 saturated heterocycles. The van der Waals surface area contributed by atoms with E-state index >= 15 is 0 Å². The molecular formula is C4H10NO2S-. The second-order valence-corrected chi connectivity index (χ2v) is 1.89. The van der Waals surface area contributed by atoms with E-state index in [-0.39, 0.29) is 13.2 Å². The Morgan fingerprint density at radius 1 is 1.12 bits per heavy atom. The summed E-state index contributed by atoms with van der Waals surface area (Å²) in [7, 11) is 0. The lowest BCUT2D eigenvalue weighted by atomic mass is 10.6. The number of hydrogen-bond acceptors (Lipinski definition) is 4. The van der Waals surface area contributed by atoms with Crippen LogP contribution in [0.4, 0.5) is 0 Å². The van der Waals surface area contributed by atoms with Crippen LogP contribution in [0.2, 0.25) is 0 Å². The van der Waals surface area contributed by atoms with Crippen LogP contribution in [0.15, 0.2) is 0 Å². The van der Waals surface area contributed by atoms with Gasteiger partial charge in [-0.25, -0.2) is 0 Å². The molecule has 0 aliphatic rings. The van der Waals surface area contributed by atoms with Gasteiger partial charge in [-0.2, -0.15) is 0 Å². The van der Waals surface area contributed by atoms with Crippen LogP contribution in [0, 0.1) is 0 Å². The fraction of sp³-hybridized carbons (Fsp3) is 1.00. The van der Waals surface area contributed by atoms with Gasteiger partial charge in [-0.05, 0) is 13.1 Å². The van der Waals surface area contributed by atoms with E-state index in [9.17, 15) is 0 Å². The van der Waals surface area contributed by atoms with Crippen molar-refractivity contribution in [2.75, 3.05) is 26.3 Å². The molecule has 0 radical (unpaired) electrons. The number of rotatable bonds is 4. The Balaban J connectivity index is 2.92. The van der Waals surface area contributed by atoms with Gasteiger partial charge in [0.1, 0.15) is 0 Å². The molecule has 0 aromatic heterocycles. The van der Waals surface area contributed by atoms with E-state index in [2.05, 4.69) is 12.8 Å². The molecular weight excluding hydrogens is 126 g/mol. The van der Waals surface area contributed by atoms with Gasteiger partial charge < -0.3 is 27.3 Å². The minimum atomic E-state index is 0.0590. The molecule has 0 aromatic rings. The van der Waals surface area contributed by atoms with E-state index in [1.807, 2.05) is 0 Å². The van der Waals surface area contributed by atoms with Gasteiger partial charge in [0.05, 0.1) is 13.2 Å². The third-order valence-corrected chi connectivity index (χ3v) is 1.06. The van der Waals surface area contributed by atoms with E-state index in [1.165, 1.54) is 4.31 Å². The summed E-state index contributed by atoms with van der Waals surface area (Å²) in [6, 6.07) is 0. The van der Waals surface area contributed by atoms with Gasteiger partial charge >= 0.3 is 0 Å². The molecule has 0 bridgehead atoms. The van der Waals surface area contributed by atoms with Crippen molar-refractivity contribution in [2.24, 2.45) is 0 Å². The molecule has 50 valence electrons. The molecule has 0 unspecified atom stereocenters. The second-order valence-electron chi connectivity index (χ2n) is 1.38. The van der Waals surface area contributed by atoms with E-state index in [0.717, 1.165) is 0 Å². The van der Waals surface area contributed by atoms with E-state index in [0.29, 0.717) is 13.1 Å². The first-order chi connectivity index (χ1) is 3.81. The molecule has 0 saturated carbocycles. The summed E-state index contributed by atoms with van der Waals surface area (Å²) >= 11 is 4.65. The minimum absolute atomic E-state index is 0.0590. The fourth-order valence-corrected chi connectivity index (χ4v) is 0.498. The van der Waals surface area contributed by atoms with Crippen LogP contribution in [0.1, 0.15) is 0 Å². The highest BCUT2D eigenvalue weighted by Gasteiger charge is 1.83. The maximum absolute atomic E-state index is 8.27. The standard InChI is InChI=1S/C4H10NO2S/c6-3-1-5(8)2-4-7/h6-7H,1-4H2/q-1. The van der Waals surface area contributed by atoms with Gasteiger partial charge in [0.15, 0.2) is 0 Å². The predicted molar refractivity (Wildman–Crippen MR) is 33.1 cm³/mol. The quantitative estimate of drug-likeness (QED) is 0.473. The molecule has 0 heterocycles. The molecule has 2 N–H and O–H groups in total. The highest BCUT2D eigenvalue weighted by atomic mass is 32.1. The molecule has 0 atom stereocenters. The van der Waals surface area contributed by atoms with Crippen LogP contribution in [0.3, 0.4) is 0 Å². The molecule has 0 rings (SSSR count). The zero-order valence-corrected chi connectivity index (χ0v) is 5.39. The Kier molecular flexibility index (Phi) is 5.52. The minimum Gasteiger partial charge on any atom is -0.702 e. The smallest absolute Gasteiger partial charge is 0.0541 e. The van der Waals surface area contributed by atoms with E-state index in [1.54, 1.807) is 0 Å². The van der Waals surface area contributed by atoms with E-state index in [4.69, 9.17) is 10.2 Å². The molecule has 0 aromatic carbocycles. The van der Waals surface area contributed by atoms with Crippen LogP contribution in [-0.2, 0) is 12.8 Å². The van der Waals surface area contributed by atoms with Crippen LogP contribution in [0.25, 0.3) is 0 Å². The number of hydrogen-bond donors (Lipinski definition) is 2. The van der Waals surface area contributed by atoms with Crippen molar-refractivity contribution in [1.82, 2.24) is 4.31 Å². The van der Waals surface area contributed by atoms with Crippen molar-refractivity contribution in [2.45, 2.75) is 0 Å². The summed E-state index contributed by atoms with van der Waals surface area (Å²) in [6.45, 7) is 1.03. The highest BCUT2D eigenvalue weighted by Crippen LogP contribution is 1.78. The molecule has 0 fully saturated rings. The van der Waals surface area contributed by atoms with Gasteiger partial charge in [-0.15, -0.1) is 0 Å². The first kappa shape index (κ1) is 8.23. The van der Waals surface area contributed by atoms with Gasteiger partial charge in [0, 0.05) is 0 Å². The lowest BCUT2D eigenvalue weighted by Crippen LogP contribution is -2.23. The van der Waals surface area contributed by atoms with Crippen LogP contribution in [0.5, 0.6) is 0 Å². The van der Waals surface area contributed by atoms with Crippen molar-refractivity contribution in [3.8, 4) is 0 Å². The topological polar surface area (TPSA) is 43.7 Å². The Hall–Kier alpha value is 0.230. The summed E-state index contributed by atoms with van der Waals surface area (Å²) in [5, 5.41) is 16.5. The Bertz CT molecular complexity index is 47.3. The zero-order valence-electron chi connectivity index (χ0n) is 4.58. The Morgan fingerprint density at radius 2 is 1.50 bits per heavy atom. The molecule has 4 heteroatoms. The van der Waals surface area contributed by atoms with Crippen molar-refractivity contribution >= 4 is 12.8 Å². The number of aliphatic hydroxyl groups excluding tert-OH is 2. The SMILES string of the molecule is OCCN([S-])CCO. The monoisotopic (exact) mass is 136 g/mol. The lowest BCUT2D eigenvalue weighted by Gasteiger charge is -2.26. The molecule has 0 aliphatic heterocycles. The zero-order chi connectivity index (χ0) is 6.41. The van der Waals surface area contributed by atoms with Crippen molar-refractivity contribution in [3.63, 3.8) is 0 Å². The van der Waals surface area contributed by atoms with Gasteiger partial charge in [0.2, 0.25) is 0 Å². The van der Waals surface area contributed by atoms with E-state index < -0.39 is 0 Å². The van der Waals surface area contributed by atoms with Crippen LogP contribution < -0.4 is 0 Å². The molecule has 8 heavy (non-hydrogen) atoms.